The van der Waals surface area contributed by atoms with Crippen LogP contribution >= 0.6 is 0 Å². The van der Waals surface area contributed by atoms with Gasteiger partial charge in [-0.3, -0.25) is 0 Å². The minimum Gasteiger partial charge on any atom is -0.481 e. The largest absolute Gasteiger partial charge is 0.481 e. The molecular weight excluding hydrogens is 268 g/mol. The van der Waals surface area contributed by atoms with E-state index in [1.807, 2.05) is 19.1 Å². The Morgan fingerprint density at radius 1 is 1.00 bits per heavy atom. The Labute approximate surface area is 123 Å². The molecule has 2 aromatic rings. The summed E-state index contributed by atoms with van der Waals surface area (Å²) >= 11 is 0. The summed E-state index contributed by atoms with van der Waals surface area (Å²) < 4.78 is 5.21. The first-order valence-electron chi connectivity index (χ1n) is 6.93. The standard InChI is InChI=1S/C14H18N6O/c1-11-17-12(10-13(18-11)21-2)19-6-8-20(9-7-19)14-15-4-3-5-16-14/h3-5,10H,6-9H2,1-2H3. The van der Waals surface area contributed by atoms with Crippen LogP contribution < -0.4 is 14.5 Å². The van der Waals surface area contributed by atoms with Crippen LogP contribution in [0.4, 0.5) is 11.8 Å². The number of hydrogen-bond donors (Lipinski definition) is 0. The van der Waals surface area contributed by atoms with Crippen molar-refractivity contribution in [3.8, 4) is 5.88 Å². The average Bonchev–Trinajstić information content (AvgIpc) is 2.55. The molecule has 1 saturated heterocycles. The van der Waals surface area contributed by atoms with Gasteiger partial charge in [0.15, 0.2) is 0 Å². The van der Waals surface area contributed by atoms with Gasteiger partial charge in [-0.1, -0.05) is 0 Å². The van der Waals surface area contributed by atoms with Gasteiger partial charge in [0.1, 0.15) is 11.6 Å². The fourth-order valence-corrected chi connectivity index (χ4v) is 2.38. The van der Waals surface area contributed by atoms with Gasteiger partial charge in [-0.05, 0) is 13.0 Å². The van der Waals surface area contributed by atoms with Crippen molar-refractivity contribution in [3.63, 3.8) is 0 Å². The van der Waals surface area contributed by atoms with Crippen LogP contribution in [0, 0.1) is 6.92 Å². The van der Waals surface area contributed by atoms with E-state index < -0.39 is 0 Å². The van der Waals surface area contributed by atoms with Crippen LogP contribution in [0.25, 0.3) is 0 Å². The lowest BCUT2D eigenvalue weighted by Crippen LogP contribution is -2.47. The Morgan fingerprint density at radius 2 is 1.67 bits per heavy atom. The lowest BCUT2D eigenvalue weighted by Gasteiger charge is -2.35. The van der Waals surface area contributed by atoms with Gasteiger partial charge in [0.25, 0.3) is 0 Å². The molecule has 1 fully saturated rings. The van der Waals surface area contributed by atoms with Crippen molar-refractivity contribution in [1.29, 1.82) is 0 Å². The summed E-state index contributed by atoms with van der Waals surface area (Å²) in [5.74, 6) is 3.02. The first kappa shape index (κ1) is 13.5. The number of ether oxygens (including phenoxy) is 1. The molecule has 0 radical (unpaired) electrons. The third-order valence-corrected chi connectivity index (χ3v) is 3.45. The maximum atomic E-state index is 5.21. The van der Waals surface area contributed by atoms with E-state index in [9.17, 15) is 0 Å². The normalized spacial score (nSPS) is 15.1. The van der Waals surface area contributed by atoms with Crippen molar-refractivity contribution < 1.29 is 4.74 Å². The molecule has 0 unspecified atom stereocenters. The molecule has 0 N–H and O–H groups in total. The van der Waals surface area contributed by atoms with Crippen molar-refractivity contribution in [3.05, 3.63) is 30.4 Å². The molecule has 0 saturated carbocycles. The van der Waals surface area contributed by atoms with Crippen LogP contribution in [-0.4, -0.2) is 53.2 Å². The highest BCUT2D eigenvalue weighted by Gasteiger charge is 2.20. The molecule has 0 aliphatic carbocycles. The Bertz CT molecular complexity index is 598. The topological polar surface area (TPSA) is 67.3 Å². The number of aromatic nitrogens is 4. The van der Waals surface area contributed by atoms with E-state index in [-0.39, 0.29) is 0 Å². The summed E-state index contributed by atoms with van der Waals surface area (Å²) in [6, 6.07) is 3.71. The van der Waals surface area contributed by atoms with Crippen LogP contribution in [0.1, 0.15) is 5.82 Å². The van der Waals surface area contributed by atoms with Crippen LogP contribution in [0.15, 0.2) is 24.5 Å². The molecule has 0 bridgehead atoms. The number of methoxy groups -OCH3 is 1. The fourth-order valence-electron chi connectivity index (χ4n) is 2.38. The Kier molecular flexibility index (Phi) is 3.81. The van der Waals surface area contributed by atoms with Gasteiger partial charge < -0.3 is 14.5 Å². The second-order valence-corrected chi connectivity index (χ2v) is 4.84. The molecule has 110 valence electrons. The van der Waals surface area contributed by atoms with Gasteiger partial charge in [0.2, 0.25) is 11.8 Å². The van der Waals surface area contributed by atoms with E-state index in [0.29, 0.717) is 5.88 Å². The number of nitrogens with zero attached hydrogens (tertiary/aromatic N) is 6. The summed E-state index contributed by atoms with van der Waals surface area (Å²) in [6.45, 7) is 5.36. The molecule has 7 heteroatoms. The molecule has 1 aliphatic rings. The average molecular weight is 286 g/mol. The first-order chi connectivity index (χ1) is 10.3. The zero-order valence-electron chi connectivity index (χ0n) is 12.2. The number of rotatable bonds is 3. The Balaban J connectivity index is 1.70. The predicted molar refractivity (Wildman–Crippen MR) is 79.8 cm³/mol. The molecule has 0 spiro atoms. The molecule has 3 heterocycles. The van der Waals surface area contributed by atoms with E-state index in [1.165, 1.54) is 0 Å². The monoisotopic (exact) mass is 286 g/mol. The van der Waals surface area contributed by atoms with Crippen LogP contribution in [0.3, 0.4) is 0 Å². The van der Waals surface area contributed by atoms with Crippen LogP contribution in [0.2, 0.25) is 0 Å². The molecule has 3 rings (SSSR count). The van der Waals surface area contributed by atoms with Crippen LogP contribution in [-0.2, 0) is 0 Å². The van der Waals surface area contributed by atoms with Crippen molar-refractivity contribution in [1.82, 2.24) is 19.9 Å². The summed E-state index contributed by atoms with van der Waals surface area (Å²) in [5.41, 5.74) is 0. The van der Waals surface area contributed by atoms with Gasteiger partial charge in [0, 0.05) is 44.6 Å². The minimum atomic E-state index is 0.603. The quantitative estimate of drug-likeness (QED) is 0.830. The van der Waals surface area contributed by atoms with Crippen molar-refractivity contribution >= 4 is 11.8 Å². The van der Waals surface area contributed by atoms with E-state index in [1.54, 1.807) is 19.5 Å². The van der Waals surface area contributed by atoms with Gasteiger partial charge in [-0.25, -0.2) is 15.0 Å². The Morgan fingerprint density at radius 3 is 2.33 bits per heavy atom. The number of hydrogen-bond acceptors (Lipinski definition) is 7. The van der Waals surface area contributed by atoms with Gasteiger partial charge in [-0.2, -0.15) is 4.98 Å². The molecule has 1 aliphatic heterocycles. The van der Waals surface area contributed by atoms with Crippen molar-refractivity contribution in [2.24, 2.45) is 0 Å². The van der Waals surface area contributed by atoms with E-state index >= 15 is 0 Å². The summed E-state index contributed by atoms with van der Waals surface area (Å²) in [5, 5.41) is 0. The van der Waals surface area contributed by atoms with Crippen molar-refractivity contribution in [2.45, 2.75) is 6.92 Å². The van der Waals surface area contributed by atoms with Crippen LogP contribution in [0.5, 0.6) is 5.88 Å². The number of piperazine rings is 1. The summed E-state index contributed by atoms with van der Waals surface area (Å²) in [6.07, 6.45) is 3.54. The minimum absolute atomic E-state index is 0.603. The molecule has 7 nitrogen and oxygen atoms in total. The second kappa shape index (κ2) is 5.90. The molecule has 0 aromatic carbocycles. The Hall–Kier alpha value is -2.44. The van der Waals surface area contributed by atoms with E-state index in [0.717, 1.165) is 43.8 Å². The smallest absolute Gasteiger partial charge is 0.225 e. The van der Waals surface area contributed by atoms with Gasteiger partial charge in [-0.15, -0.1) is 0 Å². The number of anilines is 2. The SMILES string of the molecule is COc1cc(N2CCN(c3ncccn3)CC2)nc(C)n1. The highest BCUT2D eigenvalue weighted by molar-refractivity contribution is 5.44. The molecular formula is C14H18N6O. The number of aryl methyl sites for hydroxylation is 1. The van der Waals surface area contributed by atoms with E-state index in [4.69, 9.17) is 4.74 Å². The maximum absolute atomic E-state index is 5.21. The molecule has 21 heavy (non-hydrogen) atoms. The van der Waals surface area contributed by atoms with Crippen molar-refractivity contribution in [2.75, 3.05) is 43.1 Å². The first-order valence-corrected chi connectivity index (χ1v) is 6.93. The fraction of sp³-hybridized carbons (Fsp3) is 0.429. The second-order valence-electron chi connectivity index (χ2n) is 4.84. The lowest BCUT2D eigenvalue weighted by molar-refractivity contribution is 0.395. The highest BCUT2D eigenvalue weighted by Crippen LogP contribution is 2.19. The van der Waals surface area contributed by atoms with Gasteiger partial charge in [0.05, 0.1) is 7.11 Å². The predicted octanol–water partition coefficient (Wildman–Crippen LogP) is 0.910. The molecule has 2 aromatic heterocycles. The zero-order chi connectivity index (χ0) is 14.7. The summed E-state index contributed by atoms with van der Waals surface area (Å²) in [4.78, 5) is 21.7. The highest BCUT2D eigenvalue weighted by atomic mass is 16.5. The molecule has 0 amide bonds. The lowest BCUT2D eigenvalue weighted by atomic mass is 10.3. The maximum Gasteiger partial charge on any atom is 0.225 e. The van der Waals surface area contributed by atoms with Gasteiger partial charge >= 0.3 is 0 Å². The van der Waals surface area contributed by atoms with E-state index in [2.05, 4.69) is 29.7 Å². The summed E-state index contributed by atoms with van der Waals surface area (Å²) in [7, 11) is 1.62. The third kappa shape index (κ3) is 3.01. The zero-order valence-corrected chi connectivity index (χ0v) is 12.2. The third-order valence-electron chi connectivity index (χ3n) is 3.45. The molecule has 0 atom stereocenters.